The summed E-state index contributed by atoms with van der Waals surface area (Å²) in [6.07, 6.45) is 0.333. The van der Waals surface area contributed by atoms with E-state index in [-0.39, 0.29) is 37.6 Å². The second kappa shape index (κ2) is 8.77. The summed E-state index contributed by atoms with van der Waals surface area (Å²) in [4.78, 5) is 27.2. The smallest absolute Gasteiger partial charge is 0.243 e. The van der Waals surface area contributed by atoms with E-state index in [1.165, 1.54) is 15.6 Å². The molecule has 1 amide bonds. The lowest BCUT2D eigenvalue weighted by atomic mass is 10.1. The number of hydrogen-bond acceptors (Lipinski definition) is 5. The van der Waals surface area contributed by atoms with Crippen molar-refractivity contribution in [1.82, 2.24) is 9.21 Å². The van der Waals surface area contributed by atoms with Crippen LogP contribution in [0.4, 0.5) is 0 Å². The van der Waals surface area contributed by atoms with Gasteiger partial charge in [0, 0.05) is 39.0 Å². The van der Waals surface area contributed by atoms with Crippen LogP contribution in [0.15, 0.2) is 34.5 Å². The summed E-state index contributed by atoms with van der Waals surface area (Å²) < 4.78 is 27.7. The van der Waals surface area contributed by atoms with Crippen LogP contribution in [-0.2, 0) is 14.8 Å². The summed E-state index contributed by atoms with van der Waals surface area (Å²) in [5, 5.41) is 1.84. The molecule has 8 heteroatoms. The summed E-state index contributed by atoms with van der Waals surface area (Å²) in [6.45, 7) is 6.79. The van der Waals surface area contributed by atoms with Crippen LogP contribution in [0.2, 0.25) is 0 Å². The summed E-state index contributed by atoms with van der Waals surface area (Å²) >= 11 is 1.37. The van der Waals surface area contributed by atoms with Crippen LogP contribution >= 0.6 is 11.3 Å². The maximum absolute atomic E-state index is 13.1. The van der Waals surface area contributed by atoms with Crippen molar-refractivity contribution in [2.75, 3.05) is 26.2 Å². The molecule has 1 saturated heterocycles. The number of amides is 1. The van der Waals surface area contributed by atoms with E-state index in [4.69, 9.17) is 0 Å². The Morgan fingerprint density at radius 3 is 2.17 bits per heavy atom. The maximum Gasteiger partial charge on any atom is 0.243 e. The minimum atomic E-state index is -3.60. The molecule has 0 N–H and O–H groups in total. The van der Waals surface area contributed by atoms with Gasteiger partial charge in [-0.25, -0.2) is 8.42 Å². The highest BCUT2D eigenvalue weighted by atomic mass is 32.2. The molecule has 156 valence electrons. The fraction of sp³-hybridized carbons (Fsp3) is 0.429. The largest absolute Gasteiger partial charge is 0.340 e. The topological polar surface area (TPSA) is 74.8 Å². The number of thiophene rings is 1. The molecule has 1 aliphatic heterocycles. The van der Waals surface area contributed by atoms with E-state index in [0.717, 1.165) is 16.7 Å². The van der Waals surface area contributed by atoms with Crippen molar-refractivity contribution in [3.8, 4) is 0 Å². The Balaban J connectivity index is 1.60. The Kier molecular flexibility index (Phi) is 6.55. The predicted octanol–water partition coefficient (Wildman–Crippen LogP) is 3.17. The van der Waals surface area contributed by atoms with Crippen LogP contribution in [0.5, 0.6) is 0 Å². The Morgan fingerprint density at radius 1 is 1.00 bits per heavy atom. The Morgan fingerprint density at radius 2 is 1.62 bits per heavy atom. The lowest BCUT2D eigenvalue weighted by Crippen LogP contribution is -2.50. The molecule has 29 heavy (non-hydrogen) atoms. The van der Waals surface area contributed by atoms with Gasteiger partial charge in [0.05, 0.1) is 9.77 Å². The lowest BCUT2D eigenvalue weighted by molar-refractivity contribution is -0.132. The minimum absolute atomic E-state index is 0.0279. The van der Waals surface area contributed by atoms with E-state index in [9.17, 15) is 18.0 Å². The quantitative estimate of drug-likeness (QED) is 0.655. The van der Waals surface area contributed by atoms with Gasteiger partial charge in [-0.15, -0.1) is 11.3 Å². The third-order valence-corrected chi connectivity index (χ3v) is 8.27. The van der Waals surface area contributed by atoms with E-state index in [2.05, 4.69) is 0 Å². The van der Waals surface area contributed by atoms with Crippen LogP contribution < -0.4 is 0 Å². The van der Waals surface area contributed by atoms with E-state index < -0.39 is 10.0 Å². The van der Waals surface area contributed by atoms with Gasteiger partial charge in [-0.2, -0.15) is 4.31 Å². The molecule has 1 fully saturated rings. The van der Waals surface area contributed by atoms with E-state index >= 15 is 0 Å². The second-order valence-electron chi connectivity index (χ2n) is 7.41. The fourth-order valence-corrected chi connectivity index (χ4v) is 6.35. The summed E-state index contributed by atoms with van der Waals surface area (Å²) in [6, 6.07) is 7.33. The number of piperazine rings is 1. The zero-order valence-corrected chi connectivity index (χ0v) is 18.6. The molecule has 0 saturated carbocycles. The van der Waals surface area contributed by atoms with Crippen LogP contribution in [0.25, 0.3) is 0 Å². The number of hydrogen-bond donors (Lipinski definition) is 0. The van der Waals surface area contributed by atoms with Gasteiger partial charge in [-0.1, -0.05) is 23.8 Å². The standard InChI is InChI=1S/C21H26N2O4S2/c1-15-13-16(2)21(17(3)14-15)29(26,27)23-10-8-22(9-11-23)20(25)7-6-18(24)19-5-4-12-28-19/h4-5,12-14H,6-11H2,1-3H3. The number of aryl methyl sites for hydroxylation is 3. The van der Waals surface area contributed by atoms with Crippen LogP contribution in [0.3, 0.4) is 0 Å². The molecule has 0 radical (unpaired) electrons. The third kappa shape index (κ3) is 4.76. The molecule has 1 aromatic heterocycles. The van der Waals surface area contributed by atoms with Crippen LogP contribution in [0, 0.1) is 20.8 Å². The van der Waals surface area contributed by atoms with Crippen molar-refractivity contribution < 1.29 is 18.0 Å². The van der Waals surface area contributed by atoms with Crippen LogP contribution in [-0.4, -0.2) is 55.5 Å². The van der Waals surface area contributed by atoms with Gasteiger partial charge in [0.15, 0.2) is 5.78 Å². The zero-order chi connectivity index (χ0) is 21.2. The number of carbonyl (C=O) groups excluding carboxylic acids is 2. The Bertz CT molecular complexity index is 982. The number of sulfonamides is 1. The minimum Gasteiger partial charge on any atom is -0.340 e. The molecule has 1 aliphatic rings. The normalized spacial score (nSPS) is 15.5. The predicted molar refractivity (Wildman–Crippen MR) is 114 cm³/mol. The number of nitrogens with zero attached hydrogens (tertiary/aromatic N) is 2. The van der Waals surface area contributed by atoms with E-state index in [0.29, 0.717) is 22.9 Å². The van der Waals surface area contributed by atoms with Crippen molar-refractivity contribution in [1.29, 1.82) is 0 Å². The molecule has 2 heterocycles. The first-order valence-corrected chi connectivity index (χ1v) is 11.9. The van der Waals surface area contributed by atoms with Crippen LogP contribution in [0.1, 0.15) is 39.2 Å². The average molecular weight is 435 g/mol. The van der Waals surface area contributed by atoms with Gasteiger partial charge in [-0.05, 0) is 43.3 Å². The molecule has 3 rings (SSSR count). The van der Waals surface area contributed by atoms with E-state index in [1.807, 2.05) is 44.4 Å². The lowest BCUT2D eigenvalue weighted by Gasteiger charge is -2.34. The number of benzene rings is 1. The van der Waals surface area contributed by atoms with Crippen molar-refractivity contribution >= 4 is 33.1 Å². The monoisotopic (exact) mass is 434 g/mol. The first kappa shape index (κ1) is 21.7. The molecule has 0 aliphatic carbocycles. The molecule has 0 spiro atoms. The maximum atomic E-state index is 13.1. The van der Waals surface area contributed by atoms with Gasteiger partial charge < -0.3 is 4.90 Å². The average Bonchev–Trinajstić information content (AvgIpc) is 3.19. The van der Waals surface area contributed by atoms with Crippen molar-refractivity contribution in [3.63, 3.8) is 0 Å². The number of ketones is 1. The highest BCUT2D eigenvalue weighted by Crippen LogP contribution is 2.26. The van der Waals surface area contributed by atoms with Gasteiger partial charge in [0.1, 0.15) is 0 Å². The van der Waals surface area contributed by atoms with Gasteiger partial charge >= 0.3 is 0 Å². The molecule has 1 aromatic carbocycles. The highest BCUT2D eigenvalue weighted by molar-refractivity contribution is 7.89. The Hall–Kier alpha value is -2.03. The second-order valence-corrected chi connectivity index (χ2v) is 10.2. The van der Waals surface area contributed by atoms with E-state index in [1.54, 1.807) is 11.0 Å². The number of rotatable bonds is 6. The number of carbonyl (C=O) groups is 2. The summed E-state index contributed by atoms with van der Waals surface area (Å²) in [5.41, 5.74) is 2.52. The Labute approximate surface area is 176 Å². The van der Waals surface area contributed by atoms with Gasteiger partial charge in [0.2, 0.25) is 15.9 Å². The molecule has 6 nitrogen and oxygen atoms in total. The number of Topliss-reactive ketones (excluding diaryl/α,β-unsaturated/α-hetero) is 1. The molecule has 0 bridgehead atoms. The fourth-order valence-electron chi connectivity index (χ4n) is 3.82. The first-order chi connectivity index (χ1) is 13.7. The van der Waals surface area contributed by atoms with Crippen molar-refractivity contribution in [2.45, 2.75) is 38.5 Å². The zero-order valence-electron chi connectivity index (χ0n) is 17.0. The molecular weight excluding hydrogens is 408 g/mol. The van der Waals surface area contributed by atoms with Crippen molar-refractivity contribution in [2.24, 2.45) is 0 Å². The highest BCUT2D eigenvalue weighted by Gasteiger charge is 2.32. The van der Waals surface area contributed by atoms with Gasteiger partial charge in [-0.3, -0.25) is 9.59 Å². The summed E-state index contributed by atoms with van der Waals surface area (Å²) in [7, 11) is -3.60. The SMILES string of the molecule is Cc1cc(C)c(S(=O)(=O)N2CCN(C(=O)CCC(=O)c3cccs3)CC2)c(C)c1. The van der Waals surface area contributed by atoms with Crippen molar-refractivity contribution in [3.05, 3.63) is 51.2 Å². The third-order valence-electron chi connectivity index (χ3n) is 5.16. The summed E-state index contributed by atoms with van der Waals surface area (Å²) in [5.74, 6) is -0.130. The first-order valence-electron chi connectivity index (χ1n) is 9.62. The molecule has 0 unspecified atom stereocenters. The van der Waals surface area contributed by atoms with Gasteiger partial charge in [0.25, 0.3) is 0 Å². The molecule has 0 atom stereocenters. The molecular formula is C21H26N2O4S2. The molecule has 2 aromatic rings.